The minimum atomic E-state index is -4.48. The molecule has 23 nitrogen and oxygen atoms in total. The summed E-state index contributed by atoms with van der Waals surface area (Å²) in [5.41, 5.74) is -0.325. The van der Waals surface area contributed by atoms with Crippen LogP contribution in [0.5, 0.6) is 0 Å². The Kier molecular flexibility index (Phi) is 11.1. The molecule has 308 valence electrons. The summed E-state index contributed by atoms with van der Waals surface area (Å²) in [6.07, 6.45) is -8.09. The molecule has 4 aromatic heterocycles. The summed E-state index contributed by atoms with van der Waals surface area (Å²) in [4.78, 5) is 72.9. The van der Waals surface area contributed by atoms with Gasteiger partial charge in [-0.3, -0.25) is 47.4 Å². The molecule has 27 heteroatoms. The third-order valence-electron chi connectivity index (χ3n) is 9.31. The number of carbonyl (C=O) groups excluding carboxylic acids is 2. The van der Waals surface area contributed by atoms with Crippen LogP contribution in [0.1, 0.15) is 36.7 Å². The lowest BCUT2D eigenvalue weighted by Gasteiger charge is -2.27. The number of rotatable bonds is 6. The second kappa shape index (κ2) is 15.8. The molecule has 2 amide bonds. The molecule has 1 aromatic carbocycles. The maximum absolute atomic E-state index is 13.9. The Bertz CT molecular complexity index is 2540. The van der Waals surface area contributed by atoms with Crippen LogP contribution in [0.15, 0.2) is 54.1 Å². The van der Waals surface area contributed by atoms with E-state index in [1.807, 2.05) is 0 Å². The minimum Gasteiger partial charge on any atom is -0.387 e. The van der Waals surface area contributed by atoms with Gasteiger partial charge in [0.1, 0.15) is 43.0 Å². The molecule has 8 rings (SSSR count). The Hall–Kier alpha value is -4.07. The van der Waals surface area contributed by atoms with Gasteiger partial charge in [-0.05, 0) is 23.9 Å². The number of thiol groups is 1. The fourth-order valence-electron chi connectivity index (χ4n) is 6.44. The van der Waals surface area contributed by atoms with Crippen molar-refractivity contribution in [1.82, 2.24) is 39.0 Å². The summed E-state index contributed by atoms with van der Waals surface area (Å²) in [7, 11) is 0. The van der Waals surface area contributed by atoms with Crippen molar-refractivity contribution >= 4 is 83.5 Å². The van der Waals surface area contributed by atoms with Crippen LogP contribution in [0.25, 0.3) is 22.3 Å². The van der Waals surface area contributed by atoms with Crippen LogP contribution in [-0.2, 0) is 48.7 Å². The predicted molar refractivity (Wildman–Crippen MR) is 206 cm³/mol. The third kappa shape index (κ3) is 7.98. The number of nitrogens with one attached hydrogen (secondary N) is 3. The number of hydrogen-bond donors (Lipinski definition) is 7. The van der Waals surface area contributed by atoms with Crippen LogP contribution in [0.4, 0.5) is 11.8 Å². The van der Waals surface area contributed by atoms with Crippen molar-refractivity contribution < 1.29 is 56.8 Å². The molecular weight excluding hydrogens is 846 g/mol. The molecule has 2 bridgehead atoms. The summed E-state index contributed by atoms with van der Waals surface area (Å²) in [5.74, 6) is -1.46. The van der Waals surface area contributed by atoms with Gasteiger partial charge in [-0.2, -0.15) is 4.98 Å². The Morgan fingerprint density at radius 1 is 0.914 bits per heavy atom. The maximum atomic E-state index is 13.9. The zero-order valence-electron chi connectivity index (χ0n) is 30.0. The van der Waals surface area contributed by atoms with E-state index in [1.165, 1.54) is 21.8 Å². The van der Waals surface area contributed by atoms with Gasteiger partial charge in [0, 0.05) is 11.5 Å². The van der Waals surface area contributed by atoms with Crippen molar-refractivity contribution in [2.45, 2.75) is 62.9 Å². The number of aromatic amines is 1. The van der Waals surface area contributed by atoms with E-state index in [9.17, 15) is 34.1 Å². The number of amides is 2. The van der Waals surface area contributed by atoms with Gasteiger partial charge in [0.25, 0.3) is 11.5 Å². The topological polar surface area (TPSA) is 299 Å². The van der Waals surface area contributed by atoms with Gasteiger partial charge in [0.2, 0.25) is 11.9 Å². The molecule has 3 aliphatic heterocycles. The van der Waals surface area contributed by atoms with E-state index in [4.69, 9.17) is 39.4 Å². The van der Waals surface area contributed by atoms with Crippen LogP contribution in [0.2, 0.25) is 0 Å². The summed E-state index contributed by atoms with van der Waals surface area (Å²) in [5, 5.41) is 28.1. The van der Waals surface area contributed by atoms with Crippen molar-refractivity contribution in [2.75, 3.05) is 23.8 Å². The number of benzene rings is 1. The first-order chi connectivity index (χ1) is 27.6. The second-order valence-corrected chi connectivity index (χ2v) is 19.2. The van der Waals surface area contributed by atoms with Crippen molar-refractivity contribution in [3.8, 4) is 0 Å². The molecule has 5 aromatic rings. The molecule has 58 heavy (non-hydrogen) atoms. The molecule has 6 N–H and O–H groups in total. The number of aromatic nitrogens is 8. The SMILES string of the molecule is CC(C)C(=O)Nc1nc2c(ncn2[C@@H]2O[C@@H]3COP(=O)(S)O[C@@H]4[C@H](O)[C@@H](COP(O)(=S)O[C@H]3[C@H]2O)O[C@H]4n2cnc3c(NC(=O)c4ccccc4)ncnc32)c(=O)[nH]1. The number of nitrogens with zero attached hydrogens (tertiary/aromatic N) is 7. The standard InChI is InChI=1S/C31H34N10O13P2S2/c1-13(2)26(44)38-31-37-25-18(28(46)39-31)35-12-41(25)29-20(43)21-16(52-29)9-50-56(48,58)54-22-19(42)15(8-49-55(47,57)53-21)51-30(22)40-11-34-17-23(32-10-33-24(17)40)36-27(45)14-6-4-3-5-7-14/h3-7,10-13,15-16,19-22,29-30,42-43H,8-9H2,1-2H3,(H,47,57)(H,48,58)(H,32,33,36,45)(H2,37,38,39,44,46)/t15-,16-,19-,20-,21-,22-,29-,30-,55?,56?/m1/s1. The smallest absolute Gasteiger partial charge is 0.386 e. The van der Waals surface area contributed by atoms with Gasteiger partial charge in [-0.25, -0.2) is 24.5 Å². The molecule has 3 fully saturated rings. The van der Waals surface area contributed by atoms with Crippen molar-refractivity contribution in [3.63, 3.8) is 0 Å². The molecule has 2 unspecified atom stereocenters. The fraction of sp³-hybridized carbons (Fsp3) is 0.419. The van der Waals surface area contributed by atoms with Gasteiger partial charge in [0.05, 0.1) is 25.9 Å². The largest absolute Gasteiger partial charge is 0.387 e. The Labute approximate surface area is 336 Å². The Balaban J connectivity index is 1.06. The molecule has 0 radical (unpaired) electrons. The van der Waals surface area contributed by atoms with E-state index in [-0.39, 0.29) is 34.1 Å². The third-order valence-corrected chi connectivity index (χ3v) is 12.5. The van der Waals surface area contributed by atoms with Crippen LogP contribution in [0.3, 0.4) is 0 Å². The minimum absolute atomic E-state index is 0.0631. The van der Waals surface area contributed by atoms with Crippen LogP contribution in [0, 0.1) is 5.92 Å². The number of aliphatic hydroxyl groups excluding tert-OH is 2. The highest BCUT2D eigenvalue weighted by molar-refractivity contribution is 8.44. The monoisotopic (exact) mass is 880 g/mol. The van der Waals surface area contributed by atoms with Gasteiger partial charge in [-0.15, -0.1) is 0 Å². The summed E-state index contributed by atoms with van der Waals surface area (Å²) in [6.45, 7) is -6.75. The zero-order chi connectivity index (χ0) is 41.1. The van der Waals surface area contributed by atoms with E-state index in [2.05, 4.69) is 52.8 Å². The van der Waals surface area contributed by atoms with Crippen LogP contribution >= 0.6 is 25.8 Å². The number of H-pyrrole nitrogens is 1. The highest BCUT2D eigenvalue weighted by Crippen LogP contribution is 2.58. The second-order valence-electron chi connectivity index (χ2n) is 13.5. The first-order valence-electron chi connectivity index (χ1n) is 17.4. The number of anilines is 2. The Morgan fingerprint density at radius 3 is 2.34 bits per heavy atom. The van der Waals surface area contributed by atoms with E-state index >= 15 is 0 Å². The van der Waals surface area contributed by atoms with E-state index in [0.717, 1.165) is 6.33 Å². The number of imidazole rings is 2. The lowest BCUT2D eigenvalue weighted by molar-refractivity contribution is -0.118. The van der Waals surface area contributed by atoms with Gasteiger partial charge in [0.15, 0.2) is 40.6 Å². The summed E-state index contributed by atoms with van der Waals surface area (Å²) >= 11 is 9.45. The highest BCUT2D eigenvalue weighted by Gasteiger charge is 2.53. The lowest BCUT2D eigenvalue weighted by atomic mass is 10.1. The highest BCUT2D eigenvalue weighted by atomic mass is 32.7. The molecule has 3 saturated heterocycles. The average Bonchev–Trinajstić information content (AvgIpc) is 3.95. The van der Waals surface area contributed by atoms with E-state index in [1.54, 1.807) is 44.2 Å². The quantitative estimate of drug-likeness (QED) is 0.0937. The molecule has 3 aliphatic rings. The first-order valence-corrected chi connectivity index (χ1v) is 22.7. The average molecular weight is 881 g/mol. The molecule has 7 heterocycles. The summed E-state index contributed by atoms with van der Waals surface area (Å²) < 4.78 is 51.4. The summed E-state index contributed by atoms with van der Waals surface area (Å²) in [6, 6.07) is 8.40. The Morgan fingerprint density at radius 2 is 1.60 bits per heavy atom. The maximum Gasteiger partial charge on any atom is 0.386 e. The molecule has 10 atom stereocenters. The van der Waals surface area contributed by atoms with E-state index < -0.39 is 99.1 Å². The molecule has 0 aliphatic carbocycles. The molecule has 0 spiro atoms. The van der Waals surface area contributed by atoms with E-state index in [0.29, 0.717) is 5.56 Å². The number of fused-ring (bicyclic) bond motifs is 5. The number of aliphatic hydroxyl groups is 2. The first kappa shape index (κ1) is 40.7. The van der Waals surface area contributed by atoms with Gasteiger partial charge >= 0.3 is 13.5 Å². The van der Waals surface area contributed by atoms with Crippen molar-refractivity contribution in [1.29, 1.82) is 0 Å². The van der Waals surface area contributed by atoms with Crippen LogP contribution < -0.4 is 16.2 Å². The van der Waals surface area contributed by atoms with Crippen molar-refractivity contribution in [2.24, 2.45) is 5.92 Å². The van der Waals surface area contributed by atoms with Gasteiger partial charge < -0.3 is 34.4 Å². The number of carbonyl (C=O) groups is 2. The lowest BCUT2D eigenvalue weighted by Crippen LogP contribution is -2.36. The normalized spacial score (nSPS) is 31.7. The zero-order valence-corrected chi connectivity index (χ0v) is 33.5. The molecular formula is C31H34N10O13P2S2. The predicted octanol–water partition coefficient (Wildman–Crippen LogP) is 1.39. The number of ether oxygens (including phenoxy) is 2. The molecule has 0 saturated carbocycles. The number of hydrogen-bond acceptors (Lipinski definition) is 18. The van der Waals surface area contributed by atoms with Gasteiger partial charge in [-0.1, -0.05) is 44.3 Å². The van der Waals surface area contributed by atoms with Crippen LogP contribution in [-0.4, -0.2) is 116 Å². The van der Waals surface area contributed by atoms with Crippen molar-refractivity contribution in [3.05, 3.63) is 65.2 Å². The fourth-order valence-corrected chi connectivity index (χ4v) is 9.35.